The highest BCUT2D eigenvalue weighted by molar-refractivity contribution is 5.89. The normalized spacial score (nSPS) is 13.8. The first-order valence-electron chi connectivity index (χ1n) is 8.12. The van der Waals surface area contributed by atoms with Gasteiger partial charge in [0.2, 0.25) is 0 Å². The van der Waals surface area contributed by atoms with Gasteiger partial charge in [-0.15, -0.1) is 0 Å². The number of hydrogen-bond donors (Lipinski definition) is 1. The second-order valence-electron chi connectivity index (χ2n) is 6.30. The van der Waals surface area contributed by atoms with Crippen molar-refractivity contribution in [3.8, 4) is 0 Å². The van der Waals surface area contributed by atoms with Crippen LogP contribution < -0.4 is 5.32 Å². The third-order valence-electron chi connectivity index (χ3n) is 4.08. The molecule has 1 aliphatic heterocycles. The Hall–Kier alpha value is -1.81. The van der Waals surface area contributed by atoms with Crippen LogP contribution in [0.25, 0.3) is 10.9 Å². The smallest absolute Gasteiger partial charge is 0.310 e. The number of esters is 1. The van der Waals surface area contributed by atoms with Gasteiger partial charge in [0, 0.05) is 36.7 Å². The monoisotopic (exact) mass is 300 g/mol. The van der Waals surface area contributed by atoms with Gasteiger partial charge in [0.15, 0.2) is 0 Å². The summed E-state index contributed by atoms with van der Waals surface area (Å²) in [5.74, 6) is -0.149. The lowest BCUT2D eigenvalue weighted by molar-refractivity contribution is -0.146. The zero-order valence-corrected chi connectivity index (χ0v) is 13.6. The maximum absolute atomic E-state index is 12.0. The van der Waals surface area contributed by atoms with E-state index in [1.807, 2.05) is 13.8 Å². The average Bonchev–Trinajstić information content (AvgIpc) is 3.02. The SMILES string of the molecule is CCCn1cc(CC(=O)OC(C)C)c2cc3c(cc21)CNC3. The van der Waals surface area contributed by atoms with E-state index in [4.69, 9.17) is 4.74 Å². The van der Waals surface area contributed by atoms with Crippen LogP contribution in [0.2, 0.25) is 0 Å². The Morgan fingerprint density at radius 2 is 2.05 bits per heavy atom. The maximum Gasteiger partial charge on any atom is 0.310 e. The van der Waals surface area contributed by atoms with Crippen LogP contribution in [0.15, 0.2) is 18.3 Å². The highest BCUT2D eigenvalue weighted by Crippen LogP contribution is 2.28. The molecule has 1 N–H and O–H groups in total. The topological polar surface area (TPSA) is 43.3 Å². The van der Waals surface area contributed by atoms with Crippen molar-refractivity contribution < 1.29 is 9.53 Å². The number of benzene rings is 1. The van der Waals surface area contributed by atoms with Crippen LogP contribution in [0.3, 0.4) is 0 Å². The molecule has 0 aliphatic carbocycles. The van der Waals surface area contributed by atoms with E-state index in [1.165, 1.54) is 22.0 Å². The number of rotatable bonds is 5. The molecule has 0 amide bonds. The lowest BCUT2D eigenvalue weighted by atomic mass is 10.0. The maximum atomic E-state index is 12.0. The van der Waals surface area contributed by atoms with Gasteiger partial charge in [-0.1, -0.05) is 6.92 Å². The highest BCUT2D eigenvalue weighted by atomic mass is 16.5. The zero-order valence-electron chi connectivity index (χ0n) is 13.6. The van der Waals surface area contributed by atoms with Gasteiger partial charge in [-0.05, 0) is 49.1 Å². The van der Waals surface area contributed by atoms with E-state index >= 15 is 0 Å². The molecule has 0 atom stereocenters. The van der Waals surface area contributed by atoms with Crippen LogP contribution in [0, 0.1) is 0 Å². The van der Waals surface area contributed by atoms with Crippen molar-refractivity contribution in [3.05, 3.63) is 35.0 Å². The molecular formula is C18H24N2O2. The number of carbonyl (C=O) groups excluding carboxylic acids is 1. The molecule has 0 saturated heterocycles. The van der Waals surface area contributed by atoms with Gasteiger partial charge < -0.3 is 14.6 Å². The van der Waals surface area contributed by atoms with Gasteiger partial charge in [-0.3, -0.25) is 4.79 Å². The van der Waals surface area contributed by atoms with Gasteiger partial charge in [0.05, 0.1) is 12.5 Å². The van der Waals surface area contributed by atoms with E-state index in [2.05, 4.69) is 35.1 Å². The van der Waals surface area contributed by atoms with Crippen LogP contribution in [-0.4, -0.2) is 16.6 Å². The number of aromatic nitrogens is 1. The van der Waals surface area contributed by atoms with Gasteiger partial charge in [-0.25, -0.2) is 0 Å². The van der Waals surface area contributed by atoms with Gasteiger partial charge in [0.1, 0.15) is 0 Å². The summed E-state index contributed by atoms with van der Waals surface area (Å²) in [5.41, 5.74) is 5.03. The Kier molecular flexibility index (Phi) is 4.21. The van der Waals surface area contributed by atoms with E-state index in [9.17, 15) is 4.79 Å². The zero-order chi connectivity index (χ0) is 15.7. The molecule has 0 fully saturated rings. The number of fused-ring (bicyclic) bond motifs is 2. The van der Waals surface area contributed by atoms with E-state index in [-0.39, 0.29) is 12.1 Å². The summed E-state index contributed by atoms with van der Waals surface area (Å²) in [5, 5.41) is 4.58. The fourth-order valence-corrected chi connectivity index (χ4v) is 3.19. The molecule has 0 unspecified atom stereocenters. The van der Waals surface area contributed by atoms with Gasteiger partial charge >= 0.3 is 5.97 Å². The number of nitrogens with one attached hydrogen (secondary N) is 1. The predicted octanol–water partition coefficient (Wildman–Crippen LogP) is 3.15. The molecule has 4 nitrogen and oxygen atoms in total. The average molecular weight is 300 g/mol. The van der Waals surface area contributed by atoms with Crippen LogP contribution in [0.1, 0.15) is 43.9 Å². The standard InChI is InChI=1S/C18H24N2O2/c1-4-5-20-11-15(8-18(21)22-12(2)3)16-6-13-9-19-10-14(13)7-17(16)20/h6-7,11-12,19H,4-5,8-10H2,1-3H3. The minimum Gasteiger partial charge on any atom is -0.463 e. The number of aryl methyl sites for hydroxylation is 1. The minimum atomic E-state index is -0.149. The van der Waals surface area contributed by atoms with E-state index in [0.29, 0.717) is 6.42 Å². The lowest BCUT2D eigenvalue weighted by Crippen LogP contribution is -2.13. The number of nitrogens with zero attached hydrogens (tertiary/aromatic N) is 1. The van der Waals surface area contributed by atoms with Crippen molar-refractivity contribution in [3.63, 3.8) is 0 Å². The van der Waals surface area contributed by atoms with E-state index in [1.54, 1.807) is 0 Å². The second-order valence-corrected chi connectivity index (χ2v) is 6.30. The first-order valence-corrected chi connectivity index (χ1v) is 8.12. The lowest BCUT2D eigenvalue weighted by Gasteiger charge is -2.07. The summed E-state index contributed by atoms with van der Waals surface area (Å²) >= 11 is 0. The third-order valence-corrected chi connectivity index (χ3v) is 4.08. The summed E-state index contributed by atoms with van der Waals surface area (Å²) in [6, 6.07) is 4.52. The fraction of sp³-hybridized carbons (Fsp3) is 0.500. The van der Waals surface area contributed by atoms with Gasteiger partial charge in [0.25, 0.3) is 0 Å². The second kappa shape index (κ2) is 6.13. The summed E-state index contributed by atoms with van der Waals surface area (Å²) in [7, 11) is 0. The van der Waals surface area contributed by atoms with Crippen LogP contribution in [0.5, 0.6) is 0 Å². The predicted molar refractivity (Wildman–Crippen MR) is 87.7 cm³/mol. The summed E-state index contributed by atoms with van der Waals surface area (Å²) in [6.07, 6.45) is 3.48. The molecule has 118 valence electrons. The summed E-state index contributed by atoms with van der Waals surface area (Å²) in [4.78, 5) is 12.0. The molecule has 1 aromatic carbocycles. The molecule has 2 aromatic rings. The molecule has 1 aromatic heterocycles. The third kappa shape index (κ3) is 2.88. The Bertz CT molecular complexity index is 701. The quantitative estimate of drug-likeness (QED) is 0.863. The van der Waals surface area contributed by atoms with Crippen molar-refractivity contribution in [2.24, 2.45) is 0 Å². The van der Waals surface area contributed by atoms with Crippen molar-refractivity contribution in [1.82, 2.24) is 9.88 Å². The fourth-order valence-electron chi connectivity index (χ4n) is 3.19. The molecule has 0 saturated carbocycles. The molecule has 4 heteroatoms. The molecule has 2 heterocycles. The minimum absolute atomic E-state index is 0.0649. The summed E-state index contributed by atoms with van der Waals surface area (Å²) < 4.78 is 7.57. The Labute approximate surface area is 131 Å². The van der Waals surface area contributed by atoms with Crippen LogP contribution in [0.4, 0.5) is 0 Å². The van der Waals surface area contributed by atoms with Crippen molar-refractivity contribution in [1.29, 1.82) is 0 Å². The van der Waals surface area contributed by atoms with E-state index < -0.39 is 0 Å². The number of hydrogen-bond acceptors (Lipinski definition) is 3. The molecule has 0 spiro atoms. The highest BCUT2D eigenvalue weighted by Gasteiger charge is 2.18. The van der Waals surface area contributed by atoms with Gasteiger partial charge in [-0.2, -0.15) is 0 Å². The van der Waals surface area contributed by atoms with Crippen LogP contribution in [-0.2, 0) is 35.6 Å². The largest absolute Gasteiger partial charge is 0.463 e. The molecule has 1 aliphatic rings. The summed E-state index contributed by atoms with van der Waals surface area (Å²) in [6.45, 7) is 8.77. The Morgan fingerprint density at radius 1 is 1.32 bits per heavy atom. The molecule has 0 radical (unpaired) electrons. The first-order chi connectivity index (χ1) is 10.6. The molecule has 0 bridgehead atoms. The molecule has 22 heavy (non-hydrogen) atoms. The van der Waals surface area contributed by atoms with Crippen molar-refractivity contribution in [2.45, 2.75) is 59.4 Å². The molecule has 3 rings (SSSR count). The van der Waals surface area contributed by atoms with Crippen LogP contribution >= 0.6 is 0 Å². The first kappa shape index (κ1) is 15.1. The van der Waals surface area contributed by atoms with E-state index in [0.717, 1.165) is 31.6 Å². The molecular weight excluding hydrogens is 276 g/mol. The Morgan fingerprint density at radius 3 is 2.73 bits per heavy atom. The number of ether oxygens (including phenoxy) is 1. The Balaban J connectivity index is 2.00. The number of carbonyl (C=O) groups is 1. The van der Waals surface area contributed by atoms with Crippen molar-refractivity contribution in [2.75, 3.05) is 0 Å². The van der Waals surface area contributed by atoms with Crippen molar-refractivity contribution >= 4 is 16.9 Å².